The molecule has 2 atom stereocenters. The Kier molecular flexibility index (Phi) is 4.46. The second kappa shape index (κ2) is 6.15. The summed E-state index contributed by atoms with van der Waals surface area (Å²) in [5.74, 6) is 2.49. The Morgan fingerprint density at radius 1 is 1.20 bits per heavy atom. The van der Waals surface area contributed by atoms with Crippen molar-refractivity contribution in [2.45, 2.75) is 83.7 Å². The number of nitrogens with zero attached hydrogens (tertiary/aromatic N) is 1. The van der Waals surface area contributed by atoms with Crippen molar-refractivity contribution < 1.29 is 0 Å². The van der Waals surface area contributed by atoms with Crippen LogP contribution in [0.2, 0.25) is 0 Å². The van der Waals surface area contributed by atoms with Crippen LogP contribution in [0.3, 0.4) is 0 Å². The molecule has 1 heterocycles. The topological polar surface area (TPSA) is 24.9 Å². The summed E-state index contributed by atoms with van der Waals surface area (Å²) in [7, 11) is 0. The standard InChI is InChI=1S/C17H28N2S/c1-4-12-5-6-14(9-12)17-19-16(13-7-8-13)15(20-17)10-18-11(2)3/h11-14,18H,4-10H2,1-3H3. The van der Waals surface area contributed by atoms with Gasteiger partial charge in [-0.3, -0.25) is 0 Å². The van der Waals surface area contributed by atoms with Gasteiger partial charge in [0, 0.05) is 29.3 Å². The first kappa shape index (κ1) is 14.5. The Morgan fingerprint density at radius 3 is 2.55 bits per heavy atom. The average molecular weight is 292 g/mol. The molecule has 0 aliphatic heterocycles. The fourth-order valence-electron chi connectivity index (χ4n) is 3.33. The van der Waals surface area contributed by atoms with Crippen LogP contribution in [0.25, 0.3) is 0 Å². The molecule has 2 aliphatic carbocycles. The number of hydrogen-bond donors (Lipinski definition) is 1. The molecule has 2 aliphatic rings. The monoisotopic (exact) mass is 292 g/mol. The van der Waals surface area contributed by atoms with Crippen LogP contribution in [0.15, 0.2) is 0 Å². The van der Waals surface area contributed by atoms with Crippen LogP contribution in [0.4, 0.5) is 0 Å². The molecular weight excluding hydrogens is 264 g/mol. The Hall–Kier alpha value is -0.410. The number of rotatable bonds is 6. The zero-order valence-corrected chi connectivity index (χ0v) is 13.9. The Morgan fingerprint density at radius 2 is 1.95 bits per heavy atom. The number of nitrogens with one attached hydrogen (secondary N) is 1. The van der Waals surface area contributed by atoms with E-state index in [-0.39, 0.29) is 0 Å². The molecule has 0 spiro atoms. The highest BCUT2D eigenvalue weighted by Gasteiger charge is 2.33. The van der Waals surface area contributed by atoms with Gasteiger partial charge >= 0.3 is 0 Å². The first-order chi connectivity index (χ1) is 9.67. The lowest BCUT2D eigenvalue weighted by Gasteiger charge is -2.07. The van der Waals surface area contributed by atoms with E-state index in [2.05, 4.69) is 26.1 Å². The van der Waals surface area contributed by atoms with Gasteiger partial charge in [0.05, 0.1) is 10.7 Å². The molecule has 0 radical (unpaired) electrons. The molecule has 1 aromatic rings. The van der Waals surface area contributed by atoms with Gasteiger partial charge in [-0.2, -0.15) is 0 Å². The smallest absolute Gasteiger partial charge is 0.0962 e. The van der Waals surface area contributed by atoms with Crippen molar-refractivity contribution in [2.24, 2.45) is 5.92 Å². The highest BCUT2D eigenvalue weighted by molar-refractivity contribution is 7.11. The maximum Gasteiger partial charge on any atom is 0.0962 e. The van der Waals surface area contributed by atoms with Gasteiger partial charge in [0.1, 0.15) is 0 Å². The molecule has 2 fully saturated rings. The van der Waals surface area contributed by atoms with Crippen LogP contribution in [0, 0.1) is 5.92 Å². The molecule has 3 rings (SSSR count). The Bertz CT molecular complexity index is 448. The quantitative estimate of drug-likeness (QED) is 0.813. The van der Waals surface area contributed by atoms with E-state index >= 15 is 0 Å². The van der Waals surface area contributed by atoms with E-state index in [0.717, 1.165) is 24.3 Å². The van der Waals surface area contributed by atoms with E-state index in [1.54, 1.807) is 0 Å². The van der Waals surface area contributed by atoms with Crippen molar-refractivity contribution in [1.82, 2.24) is 10.3 Å². The second-order valence-electron chi connectivity index (χ2n) is 6.95. The van der Waals surface area contributed by atoms with Crippen LogP contribution >= 0.6 is 11.3 Å². The van der Waals surface area contributed by atoms with Crippen LogP contribution in [-0.2, 0) is 6.54 Å². The maximum absolute atomic E-state index is 5.08. The van der Waals surface area contributed by atoms with E-state index in [4.69, 9.17) is 4.98 Å². The minimum Gasteiger partial charge on any atom is -0.310 e. The SMILES string of the molecule is CCC1CCC(c2nc(C3CC3)c(CNC(C)C)s2)C1. The van der Waals surface area contributed by atoms with Crippen molar-refractivity contribution in [3.05, 3.63) is 15.6 Å². The summed E-state index contributed by atoms with van der Waals surface area (Å²) in [6, 6.07) is 0.559. The molecule has 2 nitrogen and oxygen atoms in total. The van der Waals surface area contributed by atoms with Gasteiger partial charge in [-0.1, -0.05) is 27.2 Å². The molecule has 20 heavy (non-hydrogen) atoms. The molecule has 112 valence electrons. The minimum absolute atomic E-state index is 0.559. The van der Waals surface area contributed by atoms with E-state index in [1.807, 2.05) is 11.3 Å². The molecule has 0 amide bonds. The molecule has 1 aromatic heterocycles. The maximum atomic E-state index is 5.08. The molecule has 3 heteroatoms. The third kappa shape index (κ3) is 3.25. The van der Waals surface area contributed by atoms with E-state index in [9.17, 15) is 0 Å². The summed E-state index contributed by atoms with van der Waals surface area (Å²) in [4.78, 5) is 6.60. The predicted octanol–water partition coefficient (Wildman–Crippen LogP) is 4.81. The largest absolute Gasteiger partial charge is 0.310 e. The van der Waals surface area contributed by atoms with Crippen molar-refractivity contribution in [2.75, 3.05) is 0 Å². The van der Waals surface area contributed by atoms with Gasteiger partial charge in [0.25, 0.3) is 0 Å². The van der Waals surface area contributed by atoms with E-state index in [0.29, 0.717) is 6.04 Å². The van der Waals surface area contributed by atoms with Gasteiger partial charge in [0.15, 0.2) is 0 Å². The highest BCUT2D eigenvalue weighted by Crippen LogP contribution is 2.46. The van der Waals surface area contributed by atoms with Crippen LogP contribution in [-0.4, -0.2) is 11.0 Å². The van der Waals surface area contributed by atoms with Crippen molar-refractivity contribution in [3.63, 3.8) is 0 Å². The van der Waals surface area contributed by atoms with E-state index < -0.39 is 0 Å². The first-order valence-electron chi connectivity index (χ1n) is 8.40. The van der Waals surface area contributed by atoms with Gasteiger partial charge < -0.3 is 5.32 Å². The summed E-state index contributed by atoms with van der Waals surface area (Å²) in [5.41, 5.74) is 1.44. The molecule has 2 saturated carbocycles. The number of thiazole rings is 1. The van der Waals surface area contributed by atoms with Gasteiger partial charge in [-0.15, -0.1) is 11.3 Å². The summed E-state index contributed by atoms with van der Waals surface area (Å²) in [5, 5.41) is 5.03. The fourth-order valence-corrected chi connectivity index (χ4v) is 4.58. The fraction of sp³-hybridized carbons (Fsp3) is 0.824. The third-order valence-corrected chi connectivity index (χ3v) is 6.08. The molecule has 0 aromatic carbocycles. The first-order valence-corrected chi connectivity index (χ1v) is 9.21. The Balaban J connectivity index is 1.73. The van der Waals surface area contributed by atoms with Gasteiger partial charge in [-0.05, 0) is 38.0 Å². The molecule has 1 N–H and O–H groups in total. The van der Waals surface area contributed by atoms with Gasteiger partial charge in [0.2, 0.25) is 0 Å². The number of aromatic nitrogens is 1. The summed E-state index contributed by atoms with van der Waals surface area (Å²) < 4.78 is 0. The van der Waals surface area contributed by atoms with Crippen molar-refractivity contribution in [1.29, 1.82) is 0 Å². The Labute approximate surface area is 127 Å². The summed E-state index contributed by atoms with van der Waals surface area (Å²) in [6.45, 7) is 7.80. The predicted molar refractivity (Wildman–Crippen MR) is 86.4 cm³/mol. The number of hydrogen-bond acceptors (Lipinski definition) is 3. The van der Waals surface area contributed by atoms with Crippen LogP contribution < -0.4 is 5.32 Å². The zero-order valence-electron chi connectivity index (χ0n) is 13.1. The lowest BCUT2D eigenvalue weighted by atomic mass is 10.0. The van der Waals surface area contributed by atoms with Crippen LogP contribution in [0.1, 0.15) is 86.7 Å². The molecule has 2 unspecified atom stereocenters. The second-order valence-corrected chi connectivity index (χ2v) is 8.07. The van der Waals surface area contributed by atoms with Crippen molar-refractivity contribution >= 4 is 11.3 Å². The molecular formula is C17H28N2S. The minimum atomic E-state index is 0.559. The molecule has 0 saturated heterocycles. The van der Waals surface area contributed by atoms with E-state index in [1.165, 1.54) is 54.1 Å². The van der Waals surface area contributed by atoms with Crippen LogP contribution in [0.5, 0.6) is 0 Å². The zero-order chi connectivity index (χ0) is 14.1. The highest BCUT2D eigenvalue weighted by atomic mass is 32.1. The summed E-state index contributed by atoms with van der Waals surface area (Å²) in [6.07, 6.45) is 8.23. The van der Waals surface area contributed by atoms with Crippen molar-refractivity contribution in [3.8, 4) is 0 Å². The molecule has 0 bridgehead atoms. The average Bonchev–Trinajstić information content (AvgIpc) is 3.02. The summed E-state index contributed by atoms with van der Waals surface area (Å²) >= 11 is 2.01. The lowest BCUT2D eigenvalue weighted by Crippen LogP contribution is -2.21. The van der Waals surface area contributed by atoms with Gasteiger partial charge in [-0.25, -0.2) is 4.98 Å². The normalized spacial score (nSPS) is 26.6. The lowest BCUT2D eigenvalue weighted by molar-refractivity contribution is 0.520. The third-order valence-electron chi connectivity index (χ3n) is 4.85.